The van der Waals surface area contributed by atoms with Gasteiger partial charge in [-0.25, -0.2) is 15.0 Å². The molecule has 0 radical (unpaired) electrons. The number of nitrogens with zero attached hydrogens (tertiary/aromatic N) is 9. The molecule has 0 saturated carbocycles. The van der Waals surface area contributed by atoms with Crippen LogP contribution >= 0.6 is 23.5 Å². The van der Waals surface area contributed by atoms with Crippen molar-refractivity contribution < 1.29 is 0 Å². The Morgan fingerprint density at radius 2 is 1.05 bits per heavy atom. The van der Waals surface area contributed by atoms with Gasteiger partial charge in [0.05, 0.1) is 0 Å². The molecule has 3 heterocycles. The number of aromatic nitrogens is 9. The minimum Gasteiger partial charge on any atom is -0.354 e. The van der Waals surface area contributed by atoms with Gasteiger partial charge in [-0.05, 0) is 60.5 Å². The number of hydrogen-bond acceptors (Lipinski definition) is 16. The molecule has 41 heavy (non-hydrogen) atoms. The van der Waals surface area contributed by atoms with E-state index in [0.717, 1.165) is 36.4 Å². The summed E-state index contributed by atoms with van der Waals surface area (Å²) in [5.41, 5.74) is 0. The van der Waals surface area contributed by atoms with E-state index < -0.39 is 0 Å². The predicted octanol–water partition coefficient (Wildman–Crippen LogP) is 4.77. The average molecular weight is 607 g/mol. The molecule has 3 aromatic heterocycles. The van der Waals surface area contributed by atoms with Crippen LogP contribution in [0.15, 0.2) is 23.0 Å². The Morgan fingerprint density at radius 3 is 1.44 bits per heavy atom. The van der Waals surface area contributed by atoms with E-state index in [-0.39, 0.29) is 0 Å². The van der Waals surface area contributed by atoms with Crippen molar-refractivity contribution in [3.8, 4) is 0 Å². The van der Waals surface area contributed by atoms with E-state index in [0.29, 0.717) is 41.8 Å². The van der Waals surface area contributed by atoms with Gasteiger partial charge < -0.3 is 26.6 Å². The predicted molar refractivity (Wildman–Crippen MR) is 172 cm³/mol. The summed E-state index contributed by atoms with van der Waals surface area (Å²) in [7, 11) is 0. The Bertz CT molecular complexity index is 1040. The van der Waals surface area contributed by atoms with Crippen molar-refractivity contribution in [1.82, 2.24) is 44.9 Å². The number of anilines is 5. The van der Waals surface area contributed by atoms with Gasteiger partial charge in [0.1, 0.15) is 12.7 Å². The molecule has 0 bridgehead atoms. The van der Waals surface area contributed by atoms with E-state index in [4.69, 9.17) is 0 Å². The molecule has 0 spiro atoms. The fraction of sp³-hybridized carbons (Fsp3) is 0.640. The van der Waals surface area contributed by atoms with Crippen LogP contribution in [0.5, 0.6) is 0 Å². The quantitative estimate of drug-likeness (QED) is 0.125. The second-order valence-electron chi connectivity index (χ2n) is 8.84. The van der Waals surface area contributed by atoms with Gasteiger partial charge in [-0.15, -0.1) is 0 Å². The van der Waals surface area contributed by atoms with Crippen LogP contribution in [0.3, 0.4) is 0 Å². The highest BCUT2D eigenvalue weighted by Crippen LogP contribution is 2.15. The van der Waals surface area contributed by atoms with Crippen LogP contribution in [-0.4, -0.2) is 89.1 Å². The molecule has 0 atom stereocenters. The van der Waals surface area contributed by atoms with E-state index >= 15 is 0 Å². The highest BCUT2D eigenvalue weighted by molar-refractivity contribution is 7.98. The van der Waals surface area contributed by atoms with Gasteiger partial charge in [-0.2, -0.15) is 29.9 Å². The maximum absolute atomic E-state index is 4.30. The van der Waals surface area contributed by atoms with Gasteiger partial charge >= 0.3 is 0 Å². The Hall–Kier alpha value is -3.27. The summed E-state index contributed by atoms with van der Waals surface area (Å²) in [6.07, 6.45) is 9.20. The first-order chi connectivity index (χ1) is 19.7. The van der Waals surface area contributed by atoms with Crippen molar-refractivity contribution in [2.24, 2.45) is 0 Å². The van der Waals surface area contributed by atoms with Crippen molar-refractivity contribution in [2.75, 3.05) is 58.7 Å². The van der Waals surface area contributed by atoms with Gasteiger partial charge in [-0.1, -0.05) is 36.9 Å². The third kappa shape index (κ3) is 16.6. The Balaban J connectivity index is 0.000000313. The maximum atomic E-state index is 4.30. The van der Waals surface area contributed by atoms with Gasteiger partial charge in [0.15, 0.2) is 10.3 Å². The zero-order valence-corrected chi connectivity index (χ0v) is 27.3. The van der Waals surface area contributed by atoms with Gasteiger partial charge in [0.2, 0.25) is 29.7 Å². The monoisotopic (exact) mass is 606 g/mol. The molecule has 14 nitrogen and oxygen atoms in total. The van der Waals surface area contributed by atoms with Crippen LogP contribution in [0.25, 0.3) is 0 Å². The molecule has 0 aliphatic carbocycles. The summed E-state index contributed by atoms with van der Waals surface area (Å²) < 4.78 is 0. The molecular weight excluding hydrogens is 561 g/mol. The molecule has 0 aliphatic heterocycles. The number of unbranched alkanes of at least 4 members (excludes halogenated alkanes) is 1. The summed E-state index contributed by atoms with van der Waals surface area (Å²) in [5.74, 6) is 3.16. The molecule has 0 aromatic carbocycles. The lowest BCUT2D eigenvalue weighted by Gasteiger charge is -2.12. The van der Waals surface area contributed by atoms with E-state index in [2.05, 4.69) is 106 Å². The fourth-order valence-corrected chi connectivity index (χ4v) is 3.43. The molecule has 16 heteroatoms. The number of nitrogens with one attached hydrogen (secondary N) is 5. The summed E-state index contributed by atoms with van der Waals surface area (Å²) in [5, 5.41) is 17.0. The first-order valence-electron chi connectivity index (χ1n) is 13.7. The van der Waals surface area contributed by atoms with Crippen LogP contribution in [0, 0.1) is 0 Å². The molecular formula is C25H46N14S2. The van der Waals surface area contributed by atoms with Crippen LogP contribution in [0.1, 0.15) is 61.3 Å². The highest BCUT2D eigenvalue weighted by Gasteiger charge is 2.07. The Labute approximate surface area is 252 Å². The first-order valence-corrected chi connectivity index (χ1v) is 16.2. The second kappa shape index (κ2) is 21.5. The zero-order chi connectivity index (χ0) is 30.5. The lowest BCUT2D eigenvalue weighted by molar-refractivity contribution is 0.813. The molecule has 0 fully saturated rings. The van der Waals surface area contributed by atoms with Gasteiger partial charge in [0, 0.05) is 31.7 Å². The Morgan fingerprint density at radius 1 is 0.610 bits per heavy atom. The van der Waals surface area contributed by atoms with Gasteiger partial charge in [0.25, 0.3) is 0 Å². The zero-order valence-electron chi connectivity index (χ0n) is 25.7. The van der Waals surface area contributed by atoms with Crippen LogP contribution in [-0.2, 0) is 0 Å². The van der Waals surface area contributed by atoms with E-state index in [1.165, 1.54) is 42.6 Å². The smallest absolute Gasteiger partial charge is 0.228 e. The summed E-state index contributed by atoms with van der Waals surface area (Å²) in [6, 6.07) is 0.619. The number of hydrogen-bond donors (Lipinski definition) is 5. The third-order valence-corrected chi connectivity index (χ3v) is 5.50. The van der Waals surface area contributed by atoms with Gasteiger partial charge in [-0.3, -0.25) is 0 Å². The highest BCUT2D eigenvalue weighted by atomic mass is 32.2. The number of rotatable bonds is 14. The van der Waals surface area contributed by atoms with Crippen molar-refractivity contribution in [3.05, 3.63) is 12.7 Å². The molecule has 0 saturated heterocycles. The van der Waals surface area contributed by atoms with Crippen molar-refractivity contribution >= 4 is 53.3 Å². The average Bonchev–Trinajstić information content (AvgIpc) is 2.94. The summed E-state index contributed by atoms with van der Waals surface area (Å²) in [6.45, 7) is 16.9. The van der Waals surface area contributed by atoms with E-state index in [9.17, 15) is 0 Å². The minimum absolute atomic E-state index is 0.309. The molecule has 0 unspecified atom stereocenters. The normalized spacial score (nSPS) is 10.2. The first kappa shape index (κ1) is 35.8. The second-order valence-corrected chi connectivity index (χ2v) is 10.4. The molecule has 3 rings (SSSR count). The lowest BCUT2D eigenvalue weighted by Crippen LogP contribution is -2.17. The van der Waals surface area contributed by atoms with Crippen LogP contribution in [0.4, 0.5) is 29.7 Å². The van der Waals surface area contributed by atoms with Crippen LogP contribution in [0.2, 0.25) is 0 Å². The minimum atomic E-state index is 0.309. The maximum Gasteiger partial charge on any atom is 0.228 e. The fourth-order valence-electron chi connectivity index (χ4n) is 2.72. The standard InChI is InChI=1S/C10H19N5S.C8H15N5S.C7H12N4/c1-6(2)11-8-13-9(12-7(3)4)15-10(14-8)16-5;1-4-9-6-11-7(10-5-2)13-8(12-6)14-3;1-2-3-4-9-7-10-5-8-6-11-7/h6-7H,1-5H3,(H2,11,12,13,14,15);4-5H2,1-3H3,(H2,9,10,11,12,13);5-6H,2-4H2,1H3,(H,8,9,10,11). The summed E-state index contributed by atoms with van der Waals surface area (Å²) >= 11 is 3.02. The Kier molecular flexibility index (Phi) is 18.7. The van der Waals surface area contributed by atoms with E-state index in [1.54, 1.807) is 0 Å². The molecule has 5 N–H and O–H groups in total. The summed E-state index contributed by atoms with van der Waals surface area (Å²) in [4.78, 5) is 37.1. The topological polar surface area (TPSA) is 176 Å². The molecule has 228 valence electrons. The number of thioether (sulfide) groups is 2. The van der Waals surface area contributed by atoms with Crippen molar-refractivity contribution in [3.63, 3.8) is 0 Å². The SMILES string of the molecule is CCCCNc1ncncn1.CCNc1nc(NCC)nc(SC)n1.CSc1nc(NC(C)C)nc(NC(C)C)n1. The largest absolute Gasteiger partial charge is 0.354 e. The molecule has 3 aromatic rings. The molecule has 0 aliphatic rings. The van der Waals surface area contributed by atoms with E-state index in [1.807, 2.05) is 26.4 Å². The third-order valence-electron chi connectivity index (χ3n) is 4.41. The van der Waals surface area contributed by atoms with Crippen LogP contribution < -0.4 is 26.6 Å². The van der Waals surface area contributed by atoms with Crippen molar-refractivity contribution in [1.29, 1.82) is 0 Å². The van der Waals surface area contributed by atoms with Crippen molar-refractivity contribution in [2.45, 2.75) is 83.7 Å². The molecule has 0 amide bonds. The lowest BCUT2D eigenvalue weighted by atomic mass is 10.3.